The van der Waals surface area contributed by atoms with Gasteiger partial charge in [0.1, 0.15) is 5.82 Å². The second kappa shape index (κ2) is 7.60. The molecule has 0 aliphatic carbocycles. The number of aromatic amines is 1. The lowest BCUT2D eigenvalue weighted by Crippen LogP contribution is -2.28. The van der Waals surface area contributed by atoms with E-state index in [0.29, 0.717) is 10.9 Å². The number of benzene rings is 3. The van der Waals surface area contributed by atoms with Gasteiger partial charge in [-0.05, 0) is 47.5 Å². The number of carbonyl (C=O) groups excluding carboxylic acids is 1. The van der Waals surface area contributed by atoms with E-state index in [1.54, 1.807) is 44.4 Å². The standard InChI is InChI=1S/C25H21FN4O2/c1-30(2)25(32)16-8-6-14(7-9-16)20-22(15-10-12-17(26)13-11-15)27-19-5-3-4-18-21(19)23(20)28-29-24(18)31/h3-13,20,22,27H,1-2H3,(H,29,31). The van der Waals surface area contributed by atoms with Crippen LogP contribution in [0.1, 0.15) is 39.1 Å². The first kappa shape index (κ1) is 19.9. The maximum Gasteiger partial charge on any atom is 0.272 e. The zero-order valence-electron chi connectivity index (χ0n) is 17.6. The van der Waals surface area contributed by atoms with Gasteiger partial charge in [-0.1, -0.05) is 30.3 Å². The molecule has 1 amide bonds. The van der Waals surface area contributed by atoms with Crippen molar-refractivity contribution in [2.75, 3.05) is 19.4 Å². The summed E-state index contributed by atoms with van der Waals surface area (Å²) in [7, 11) is 3.42. The van der Waals surface area contributed by atoms with Crippen LogP contribution in [0.3, 0.4) is 0 Å². The third kappa shape index (κ3) is 3.22. The molecule has 4 aromatic rings. The minimum absolute atomic E-state index is 0.0803. The summed E-state index contributed by atoms with van der Waals surface area (Å²) in [5.74, 6) is -0.654. The number of hydrogen-bond acceptors (Lipinski definition) is 4. The third-order valence-electron chi connectivity index (χ3n) is 5.93. The van der Waals surface area contributed by atoms with Crippen LogP contribution in [0, 0.1) is 5.82 Å². The minimum Gasteiger partial charge on any atom is -0.377 e. The zero-order valence-corrected chi connectivity index (χ0v) is 17.6. The fraction of sp³-hybridized carbons (Fsp3) is 0.160. The maximum atomic E-state index is 13.6. The van der Waals surface area contributed by atoms with Crippen LogP contribution >= 0.6 is 0 Å². The van der Waals surface area contributed by atoms with Crippen molar-refractivity contribution in [3.05, 3.63) is 105 Å². The van der Waals surface area contributed by atoms with Crippen LogP contribution in [0.2, 0.25) is 0 Å². The van der Waals surface area contributed by atoms with Crippen LogP contribution < -0.4 is 10.9 Å². The van der Waals surface area contributed by atoms with Crippen molar-refractivity contribution >= 4 is 22.4 Å². The molecule has 0 spiro atoms. The van der Waals surface area contributed by atoms with E-state index in [0.717, 1.165) is 27.9 Å². The van der Waals surface area contributed by atoms with Gasteiger partial charge < -0.3 is 10.2 Å². The first-order valence-corrected chi connectivity index (χ1v) is 10.3. The number of aromatic nitrogens is 2. The van der Waals surface area contributed by atoms with Gasteiger partial charge in [-0.3, -0.25) is 9.59 Å². The maximum absolute atomic E-state index is 13.6. The van der Waals surface area contributed by atoms with Crippen LogP contribution in [0.15, 0.2) is 71.5 Å². The number of hydrogen-bond donors (Lipinski definition) is 2. The van der Waals surface area contributed by atoms with E-state index in [4.69, 9.17) is 0 Å². The van der Waals surface area contributed by atoms with E-state index in [2.05, 4.69) is 15.5 Å². The highest BCUT2D eigenvalue weighted by Crippen LogP contribution is 2.46. The van der Waals surface area contributed by atoms with Crippen molar-refractivity contribution in [3.8, 4) is 0 Å². The normalized spacial score (nSPS) is 17.1. The first-order chi connectivity index (χ1) is 15.4. The third-order valence-corrected chi connectivity index (χ3v) is 5.93. The van der Waals surface area contributed by atoms with Crippen LogP contribution in [0.25, 0.3) is 10.8 Å². The van der Waals surface area contributed by atoms with E-state index in [9.17, 15) is 14.0 Å². The molecule has 0 bridgehead atoms. The highest BCUT2D eigenvalue weighted by Gasteiger charge is 2.34. The Morgan fingerprint density at radius 2 is 1.66 bits per heavy atom. The molecule has 1 aliphatic rings. The second-order valence-corrected chi connectivity index (χ2v) is 8.14. The van der Waals surface area contributed by atoms with Gasteiger partial charge in [0.05, 0.1) is 23.0 Å². The van der Waals surface area contributed by atoms with Gasteiger partial charge in [-0.2, -0.15) is 5.10 Å². The summed E-state index contributed by atoms with van der Waals surface area (Å²) in [4.78, 5) is 26.3. The lowest BCUT2D eigenvalue weighted by Gasteiger charge is -2.34. The van der Waals surface area contributed by atoms with Crippen LogP contribution in [-0.2, 0) is 0 Å². The van der Waals surface area contributed by atoms with Gasteiger partial charge in [0.25, 0.3) is 11.5 Å². The molecule has 2 heterocycles. The lowest BCUT2D eigenvalue weighted by atomic mass is 9.80. The number of halogens is 1. The number of nitrogens with one attached hydrogen (secondary N) is 2. The van der Waals surface area contributed by atoms with Crippen LogP contribution in [0.5, 0.6) is 0 Å². The van der Waals surface area contributed by atoms with Crippen molar-refractivity contribution in [1.82, 2.24) is 15.1 Å². The van der Waals surface area contributed by atoms with Gasteiger partial charge in [0, 0.05) is 30.7 Å². The topological polar surface area (TPSA) is 78.1 Å². The number of amides is 1. The average Bonchev–Trinajstić information content (AvgIpc) is 2.81. The quantitative estimate of drug-likeness (QED) is 0.516. The zero-order chi connectivity index (χ0) is 22.4. The number of carbonyl (C=O) groups is 1. The van der Waals surface area contributed by atoms with Crippen molar-refractivity contribution in [1.29, 1.82) is 0 Å². The van der Waals surface area contributed by atoms with E-state index < -0.39 is 0 Å². The molecular formula is C25H21FN4O2. The monoisotopic (exact) mass is 428 g/mol. The Bertz CT molecular complexity index is 1380. The van der Waals surface area contributed by atoms with E-state index in [-0.39, 0.29) is 29.2 Å². The number of rotatable bonds is 3. The van der Waals surface area contributed by atoms with Gasteiger partial charge in [0.2, 0.25) is 0 Å². The molecule has 1 aliphatic heterocycles. The van der Waals surface area contributed by atoms with Gasteiger partial charge >= 0.3 is 0 Å². The first-order valence-electron chi connectivity index (χ1n) is 10.3. The Morgan fingerprint density at radius 1 is 0.969 bits per heavy atom. The van der Waals surface area contributed by atoms with E-state index >= 15 is 0 Å². The van der Waals surface area contributed by atoms with Crippen molar-refractivity contribution < 1.29 is 9.18 Å². The predicted molar refractivity (Wildman–Crippen MR) is 121 cm³/mol. The Labute approximate surface area is 183 Å². The second-order valence-electron chi connectivity index (χ2n) is 8.14. The van der Waals surface area contributed by atoms with Gasteiger partial charge in [0.15, 0.2) is 0 Å². The predicted octanol–water partition coefficient (Wildman–Crippen LogP) is 4.06. The SMILES string of the molecule is CN(C)C(=O)c1ccc(C2c3n[nH]c(=O)c4cccc(c34)NC2c2ccc(F)cc2)cc1. The molecule has 3 aromatic carbocycles. The largest absolute Gasteiger partial charge is 0.377 e. The Kier molecular flexibility index (Phi) is 4.74. The average molecular weight is 428 g/mol. The molecular weight excluding hydrogens is 407 g/mol. The lowest BCUT2D eigenvalue weighted by molar-refractivity contribution is 0.0827. The number of H-pyrrole nitrogens is 1. The summed E-state index contributed by atoms with van der Waals surface area (Å²) in [6.07, 6.45) is 0. The molecule has 7 heteroatoms. The van der Waals surface area contributed by atoms with E-state index in [1.165, 1.54) is 17.0 Å². The summed E-state index contributed by atoms with van der Waals surface area (Å²) in [6, 6.07) is 19.0. The van der Waals surface area contributed by atoms with E-state index in [1.807, 2.05) is 24.3 Å². The summed E-state index contributed by atoms with van der Waals surface area (Å²) in [5.41, 5.74) is 3.69. The van der Waals surface area contributed by atoms with Gasteiger partial charge in [-0.15, -0.1) is 0 Å². The van der Waals surface area contributed by atoms with Crippen LogP contribution in [-0.4, -0.2) is 35.1 Å². The molecule has 0 saturated heterocycles. The molecule has 0 saturated carbocycles. The highest BCUT2D eigenvalue weighted by atomic mass is 19.1. The fourth-order valence-corrected chi connectivity index (χ4v) is 4.39. The summed E-state index contributed by atoms with van der Waals surface area (Å²) >= 11 is 0. The molecule has 0 fully saturated rings. The number of anilines is 1. The molecule has 1 aromatic heterocycles. The highest BCUT2D eigenvalue weighted by molar-refractivity contribution is 5.97. The smallest absolute Gasteiger partial charge is 0.272 e. The van der Waals surface area contributed by atoms with Crippen molar-refractivity contribution in [3.63, 3.8) is 0 Å². The Balaban J connectivity index is 1.70. The molecule has 32 heavy (non-hydrogen) atoms. The van der Waals surface area contributed by atoms with Crippen LogP contribution in [0.4, 0.5) is 10.1 Å². The number of nitrogens with zero attached hydrogens (tertiary/aromatic N) is 2. The Morgan fingerprint density at radius 3 is 2.34 bits per heavy atom. The van der Waals surface area contributed by atoms with Gasteiger partial charge in [-0.25, -0.2) is 9.49 Å². The molecule has 0 radical (unpaired) electrons. The summed E-state index contributed by atoms with van der Waals surface area (Å²) in [6.45, 7) is 0. The molecule has 6 nitrogen and oxygen atoms in total. The fourth-order valence-electron chi connectivity index (χ4n) is 4.39. The van der Waals surface area contributed by atoms with Crippen molar-refractivity contribution in [2.24, 2.45) is 0 Å². The summed E-state index contributed by atoms with van der Waals surface area (Å²) < 4.78 is 13.6. The molecule has 2 N–H and O–H groups in total. The minimum atomic E-state index is -0.308. The Hall–Kier alpha value is -4.00. The molecule has 2 unspecified atom stereocenters. The van der Waals surface area contributed by atoms with Crippen molar-refractivity contribution in [2.45, 2.75) is 12.0 Å². The molecule has 160 valence electrons. The molecule has 5 rings (SSSR count). The molecule has 2 atom stereocenters. The summed E-state index contributed by atoms with van der Waals surface area (Å²) in [5, 5.41) is 11.9.